The zero-order valence-corrected chi connectivity index (χ0v) is 26.5. The van der Waals surface area contributed by atoms with E-state index in [1.807, 2.05) is 55.4 Å². The molecule has 2 fully saturated rings. The molecule has 2 atom stereocenters. The third-order valence-electron chi connectivity index (χ3n) is 9.05. The summed E-state index contributed by atoms with van der Waals surface area (Å²) in [5.74, 6) is -1.70. The van der Waals surface area contributed by atoms with E-state index in [0.717, 1.165) is 6.42 Å². The van der Waals surface area contributed by atoms with E-state index in [2.05, 4.69) is 15.5 Å². The van der Waals surface area contributed by atoms with Crippen LogP contribution in [0.1, 0.15) is 106 Å². The van der Waals surface area contributed by atoms with Crippen LogP contribution in [0.3, 0.4) is 0 Å². The topological polar surface area (TPSA) is 79.9 Å². The molecule has 2 N–H and O–H groups in total. The van der Waals surface area contributed by atoms with E-state index in [1.165, 1.54) is 25.1 Å². The van der Waals surface area contributed by atoms with Gasteiger partial charge in [0.05, 0.1) is 11.2 Å². The van der Waals surface area contributed by atoms with Crippen molar-refractivity contribution in [3.05, 3.63) is 35.4 Å². The third-order valence-corrected chi connectivity index (χ3v) is 9.05. The van der Waals surface area contributed by atoms with Crippen LogP contribution in [-0.4, -0.2) is 59.2 Å². The molecule has 2 aliphatic rings. The van der Waals surface area contributed by atoms with Gasteiger partial charge in [0, 0.05) is 24.1 Å². The predicted octanol–water partition coefficient (Wildman–Crippen LogP) is 5.79. The van der Waals surface area contributed by atoms with Crippen LogP contribution in [0.5, 0.6) is 0 Å². The van der Waals surface area contributed by atoms with Crippen molar-refractivity contribution in [1.82, 2.24) is 15.5 Å². The molecule has 0 radical (unpaired) electrons. The van der Waals surface area contributed by atoms with E-state index in [1.54, 1.807) is 0 Å². The lowest BCUT2D eigenvalue weighted by Crippen LogP contribution is -2.66. The lowest BCUT2D eigenvalue weighted by molar-refractivity contribution is -0.138. The molecule has 7 nitrogen and oxygen atoms in total. The van der Waals surface area contributed by atoms with Gasteiger partial charge < -0.3 is 19.9 Å². The Bertz CT molecular complexity index is 1050. The average Bonchev–Trinajstić information content (AvgIpc) is 3.05. The van der Waals surface area contributed by atoms with Gasteiger partial charge in [-0.2, -0.15) is 0 Å². The molecule has 2 saturated heterocycles. The lowest BCUT2D eigenvalue weighted by atomic mass is 9.72. The van der Waals surface area contributed by atoms with Gasteiger partial charge in [0.1, 0.15) is 17.2 Å². The van der Waals surface area contributed by atoms with Gasteiger partial charge in [-0.3, -0.25) is 14.5 Å². The number of piperidine rings is 1. The van der Waals surface area contributed by atoms with Crippen molar-refractivity contribution in [3.8, 4) is 0 Å². The van der Waals surface area contributed by atoms with E-state index in [9.17, 15) is 18.4 Å². The summed E-state index contributed by atoms with van der Waals surface area (Å²) in [7, 11) is -0.318. The van der Waals surface area contributed by atoms with Crippen molar-refractivity contribution >= 4 is 18.9 Å². The maximum atomic E-state index is 14.5. The first kappa shape index (κ1) is 33.5. The predicted molar refractivity (Wildman–Crippen MR) is 158 cm³/mol. The first-order chi connectivity index (χ1) is 18.9. The van der Waals surface area contributed by atoms with Crippen LogP contribution >= 0.6 is 0 Å². The van der Waals surface area contributed by atoms with Crippen LogP contribution in [0.4, 0.5) is 8.78 Å². The van der Waals surface area contributed by atoms with Crippen molar-refractivity contribution in [3.63, 3.8) is 0 Å². The van der Waals surface area contributed by atoms with Gasteiger partial charge in [0.15, 0.2) is 0 Å². The Morgan fingerprint density at radius 1 is 1.02 bits per heavy atom. The zero-order valence-electron chi connectivity index (χ0n) is 26.5. The molecule has 2 amide bonds. The zero-order chi connectivity index (χ0) is 30.8. The van der Waals surface area contributed by atoms with Crippen LogP contribution in [0.2, 0.25) is 6.32 Å². The third kappa shape index (κ3) is 7.88. The molecule has 0 aliphatic carbocycles. The highest BCUT2D eigenvalue weighted by Crippen LogP contribution is 2.40. The van der Waals surface area contributed by atoms with Gasteiger partial charge in [-0.25, -0.2) is 8.78 Å². The van der Waals surface area contributed by atoms with E-state index in [0.29, 0.717) is 45.1 Å². The molecule has 230 valence electrons. The number of benzene rings is 1. The van der Waals surface area contributed by atoms with Gasteiger partial charge in [0.2, 0.25) is 11.8 Å². The number of amides is 2. The number of nitrogens with one attached hydrogen (secondary N) is 2. The number of carbonyl (C=O) groups excluding carboxylic acids is 2. The summed E-state index contributed by atoms with van der Waals surface area (Å²) in [4.78, 5) is 28.6. The molecule has 0 aromatic heterocycles. The highest BCUT2D eigenvalue weighted by Gasteiger charge is 2.51. The number of halogens is 2. The Hall–Kier alpha value is -2.04. The number of unbranched alkanes of at least 4 members (excludes halogenated alkanes) is 1. The van der Waals surface area contributed by atoms with E-state index >= 15 is 0 Å². The van der Waals surface area contributed by atoms with Crippen molar-refractivity contribution < 1.29 is 27.7 Å². The second-order valence-electron chi connectivity index (χ2n) is 13.9. The SMILES string of the molecule is CC(=O)NC(CCCCB1OC(C)(C)C(C)(C)O1)(C(=O)NC(C)(C)C)C1CCN(C(C)c2c(F)cccc2F)CC1. The largest absolute Gasteiger partial charge is 0.457 e. The number of carbonyl (C=O) groups is 2. The van der Waals surface area contributed by atoms with Crippen molar-refractivity contribution in [2.45, 2.75) is 129 Å². The molecule has 41 heavy (non-hydrogen) atoms. The molecule has 2 unspecified atom stereocenters. The monoisotopic (exact) mass is 577 g/mol. The smallest absolute Gasteiger partial charge is 0.403 e. The highest BCUT2D eigenvalue weighted by atomic mass is 19.1. The number of likely N-dealkylation sites (tertiary alicyclic amines) is 1. The van der Waals surface area contributed by atoms with E-state index < -0.39 is 40.0 Å². The fraction of sp³-hybridized carbons (Fsp3) is 0.742. The molecule has 1 aromatic carbocycles. The Labute approximate surface area is 245 Å². The fourth-order valence-electron chi connectivity index (χ4n) is 6.16. The van der Waals surface area contributed by atoms with Gasteiger partial charge in [-0.1, -0.05) is 18.9 Å². The number of hydrogen-bond donors (Lipinski definition) is 2. The summed E-state index contributed by atoms with van der Waals surface area (Å²) >= 11 is 0. The standard InChI is InChI=1S/C31H50BF2N3O4/c1-21(26-24(33)13-12-14-25(26)34)37-19-15-23(16-20-37)31(35-22(2)38,27(39)36-28(3,4)5)17-10-11-18-32-40-29(6,7)30(8,9)41-32/h12-14,21,23H,10-11,15-20H2,1-9H3,(H,35,38)(H,36,39). The Morgan fingerprint density at radius 2 is 1.56 bits per heavy atom. The maximum Gasteiger partial charge on any atom is 0.457 e. The Balaban J connectivity index is 1.76. The number of rotatable bonds is 10. The highest BCUT2D eigenvalue weighted by molar-refractivity contribution is 6.45. The molecule has 10 heteroatoms. The van der Waals surface area contributed by atoms with E-state index in [-0.39, 0.29) is 30.4 Å². The minimum atomic E-state index is -1.10. The summed E-state index contributed by atoms with van der Waals surface area (Å²) in [6.45, 7) is 18.2. The van der Waals surface area contributed by atoms with Crippen molar-refractivity contribution in [1.29, 1.82) is 0 Å². The van der Waals surface area contributed by atoms with E-state index in [4.69, 9.17) is 9.31 Å². The fourth-order valence-corrected chi connectivity index (χ4v) is 6.16. The molecule has 0 saturated carbocycles. The number of nitrogens with zero attached hydrogens (tertiary/aromatic N) is 1. The molecule has 2 heterocycles. The van der Waals surface area contributed by atoms with Gasteiger partial charge in [-0.15, -0.1) is 0 Å². The summed E-state index contributed by atoms with van der Waals surface area (Å²) in [5, 5.41) is 6.21. The van der Waals surface area contributed by atoms with Crippen molar-refractivity contribution in [2.24, 2.45) is 5.92 Å². The first-order valence-electron chi connectivity index (χ1n) is 15.0. The Kier molecular flexibility index (Phi) is 10.3. The summed E-state index contributed by atoms with van der Waals surface area (Å²) < 4.78 is 41.3. The minimum absolute atomic E-state index is 0.0623. The first-order valence-corrected chi connectivity index (χ1v) is 15.0. The second kappa shape index (κ2) is 12.7. The minimum Gasteiger partial charge on any atom is -0.403 e. The number of hydrogen-bond acceptors (Lipinski definition) is 5. The van der Waals surface area contributed by atoms with Crippen LogP contribution in [0.15, 0.2) is 18.2 Å². The summed E-state index contributed by atoms with van der Waals surface area (Å²) in [6.07, 6.45) is 3.83. The van der Waals surface area contributed by atoms with Crippen LogP contribution in [0, 0.1) is 17.6 Å². The van der Waals surface area contributed by atoms with Gasteiger partial charge in [-0.05, 0) is 112 Å². The molecule has 3 rings (SSSR count). The molecule has 2 aliphatic heterocycles. The van der Waals surface area contributed by atoms with Crippen LogP contribution in [-0.2, 0) is 18.9 Å². The van der Waals surface area contributed by atoms with Crippen LogP contribution in [0.25, 0.3) is 0 Å². The second-order valence-corrected chi connectivity index (χ2v) is 13.9. The summed E-state index contributed by atoms with van der Waals surface area (Å²) in [6, 6.07) is 3.49. The molecular weight excluding hydrogens is 527 g/mol. The van der Waals surface area contributed by atoms with Gasteiger partial charge in [0.25, 0.3) is 0 Å². The molecule has 0 bridgehead atoms. The molecular formula is C31H50BF2N3O4. The van der Waals surface area contributed by atoms with Crippen LogP contribution < -0.4 is 10.6 Å². The maximum absolute atomic E-state index is 14.5. The quantitative estimate of drug-likeness (QED) is 0.272. The van der Waals surface area contributed by atoms with Crippen molar-refractivity contribution in [2.75, 3.05) is 13.1 Å². The average molecular weight is 578 g/mol. The summed E-state index contributed by atoms with van der Waals surface area (Å²) in [5.41, 5.74) is -2.33. The normalized spacial score (nSPS) is 21.8. The molecule has 0 spiro atoms. The van der Waals surface area contributed by atoms with Gasteiger partial charge >= 0.3 is 7.12 Å². The lowest BCUT2D eigenvalue weighted by Gasteiger charge is -2.46. The molecule has 1 aromatic rings. The Morgan fingerprint density at radius 3 is 2.05 bits per heavy atom.